The van der Waals surface area contributed by atoms with Crippen LogP contribution in [-0.2, 0) is 9.59 Å². The summed E-state index contributed by atoms with van der Waals surface area (Å²) in [6.07, 6.45) is 2.64. The largest absolute Gasteiger partial charge is 0.487 e. The van der Waals surface area contributed by atoms with Crippen LogP contribution in [0.2, 0.25) is 0 Å². The van der Waals surface area contributed by atoms with Gasteiger partial charge in [0.1, 0.15) is 11.4 Å². The SMILES string of the molecule is CCC1(CC)CC(=O)N(C[C@@]2(C)C(C)C2C(=O)N[C@H]2CC(C)(C)Oc3ccccc32)C(N)=N1. The molecule has 0 radical (unpaired) electrons. The van der Waals surface area contributed by atoms with E-state index in [-0.39, 0.29) is 46.7 Å². The number of nitrogens with zero attached hydrogens (tertiary/aromatic N) is 2. The zero-order valence-corrected chi connectivity index (χ0v) is 20.8. The molecule has 4 rings (SSSR count). The lowest BCUT2D eigenvalue weighted by Crippen LogP contribution is -2.53. The van der Waals surface area contributed by atoms with Gasteiger partial charge in [-0.25, -0.2) is 4.99 Å². The van der Waals surface area contributed by atoms with Crippen molar-refractivity contribution in [1.82, 2.24) is 10.2 Å². The van der Waals surface area contributed by atoms with Crippen molar-refractivity contribution in [3.05, 3.63) is 29.8 Å². The molecule has 1 saturated carbocycles. The lowest BCUT2D eigenvalue weighted by molar-refractivity contribution is -0.131. The molecule has 1 aromatic carbocycles. The second-order valence-corrected chi connectivity index (χ2v) is 11.0. The number of aliphatic imine (C=N–C) groups is 1. The molecule has 7 heteroatoms. The Balaban J connectivity index is 1.49. The first-order valence-electron chi connectivity index (χ1n) is 12.2. The third-order valence-corrected chi connectivity index (χ3v) is 8.34. The van der Waals surface area contributed by atoms with E-state index in [1.807, 2.05) is 52.0 Å². The maximum atomic E-state index is 13.4. The molecular formula is C26H38N4O3. The first kappa shape index (κ1) is 23.6. The Morgan fingerprint density at radius 1 is 1.24 bits per heavy atom. The van der Waals surface area contributed by atoms with Gasteiger partial charge in [-0.3, -0.25) is 14.5 Å². The number of para-hydroxylation sites is 1. The zero-order chi connectivity index (χ0) is 24.2. The van der Waals surface area contributed by atoms with Gasteiger partial charge in [-0.2, -0.15) is 0 Å². The number of hydrogen-bond acceptors (Lipinski definition) is 5. The fourth-order valence-electron chi connectivity index (χ4n) is 5.77. The van der Waals surface area contributed by atoms with Crippen molar-refractivity contribution in [3.8, 4) is 5.75 Å². The number of ether oxygens (including phenoxy) is 1. The Hall–Kier alpha value is -2.57. The third kappa shape index (κ3) is 4.11. The van der Waals surface area contributed by atoms with Gasteiger partial charge in [0.25, 0.3) is 0 Å². The van der Waals surface area contributed by atoms with Gasteiger partial charge in [0.05, 0.1) is 18.0 Å². The summed E-state index contributed by atoms with van der Waals surface area (Å²) in [6.45, 7) is 12.8. The number of nitrogens with one attached hydrogen (secondary N) is 1. The van der Waals surface area contributed by atoms with Crippen LogP contribution in [0.3, 0.4) is 0 Å². The molecule has 2 amide bonds. The summed E-state index contributed by atoms with van der Waals surface area (Å²) in [5.41, 5.74) is 6.19. The molecular weight excluding hydrogens is 416 g/mol. The van der Waals surface area contributed by atoms with Gasteiger partial charge in [0.2, 0.25) is 11.8 Å². The number of rotatable bonds is 6. The highest BCUT2D eigenvalue weighted by molar-refractivity contribution is 5.99. The van der Waals surface area contributed by atoms with Crippen molar-refractivity contribution in [2.24, 2.45) is 28.0 Å². The molecule has 2 unspecified atom stereocenters. The number of nitrogens with two attached hydrogens (primary N) is 1. The first-order chi connectivity index (χ1) is 15.5. The van der Waals surface area contributed by atoms with Crippen molar-refractivity contribution in [1.29, 1.82) is 0 Å². The highest BCUT2D eigenvalue weighted by Crippen LogP contribution is 2.59. The summed E-state index contributed by atoms with van der Waals surface area (Å²) in [6, 6.07) is 7.79. The number of fused-ring (bicyclic) bond motifs is 1. The molecule has 3 N–H and O–H groups in total. The summed E-state index contributed by atoms with van der Waals surface area (Å²) < 4.78 is 6.11. The topological polar surface area (TPSA) is 97.0 Å². The average molecular weight is 455 g/mol. The zero-order valence-electron chi connectivity index (χ0n) is 20.8. The van der Waals surface area contributed by atoms with Crippen LogP contribution in [0.25, 0.3) is 0 Å². The van der Waals surface area contributed by atoms with Crippen LogP contribution < -0.4 is 15.8 Å². The molecule has 4 atom stereocenters. The smallest absolute Gasteiger partial charge is 0.231 e. The molecule has 1 aliphatic carbocycles. The van der Waals surface area contributed by atoms with Crippen molar-refractivity contribution in [2.75, 3.05) is 6.54 Å². The molecule has 0 saturated heterocycles. The molecule has 1 fully saturated rings. The molecule has 3 aliphatic rings. The fraction of sp³-hybridized carbons (Fsp3) is 0.654. The van der Waals surface area contributed by atoms with Crippen LogP contribution in [-0.4, -0.2) is 40.4 Å². The molecule has 0 spiro atoms. The summed E-state index contributed by atoms with van der Waals surface area (Å²) in [4.78, 5) is 32.7. The summed E-state index contributed by atoms with van der Waals surface area (Å²) >= 11 is 0. The molecule has 0 aromatic heterocycles. The van der Waals surface area contributed by atoms with Gasteiger partial charge in [-0.05, 0) is 38.7 Å². The van der Waals surface area contributed by atoms with E-state index in [1.165, 1.54) is 0 Å². The van der Waals surface area contributed by atoms with Gasteiger partial charge in [-0.15, -0.1) is 0 Å². The van der Waals surface area contributed by atoms with E-state index in [0.717, 1.165) is 24.2 Å². The molecule has 0 bridgehead atoms. The molecule has 33 heavy (non-hydrogen) atoms. The van der Waals surface area contributed by atoms with Crippen LogP contribution in [0.5, 0.6) is 5.75 Å². The van der Waals surface area contributed by atoms with E-state index < -0.39 is 5.54 Å². The van der Waals surface area contributed by atoms with Gasteiger partial charge in [-0.1, -0.05) is 45.9 Å². The Morgan fingerprint density at radius 2 is 1.91 bits per heavy atom. The van der Waals surface area contributed by atoms with Crippen LogP contribution in [0.1, 0.15) is 78.8 Å². The van der Waals surface area contributed by atoms with Gasteiger partial charge in [0, 0.05) is 29.9 Å². The van der Waals surface area contributed by atoms with Crippen molar-refractivity contribution < 1.29 is 14.3 Å². The maximum absolute atomic E-state index is 13.4. The van der Waals surface area contributed by atoms with Gasteiger partial charge in [0.15, 0.2) is 5.96 Å². The Morgan fingerprint density at radius 3 is 2.55 bits per heavy atom. The molecule has 180 valence electrons. The normalized spacial score (nSPS) is 31.8. The standard InChI is InChI=1S/C26H38N4O3/c1-7-26(8-2)14-20(31)30(23(27)29-26)15-25(6)16(3)21(25)22(32)28-18-13-24(4,5)33-19-12-10-9-11-17(18)19/h9-12,16,18,21H,7-8,13-15H2,1-6H3,(H2,27,29)(H,28,32)/t16?,18-,21?,25-/m0/s1. The second kappa shape index (κ2) is 8.03. The minimum absolute atomic E-state index is 0.00536. The minimum Gasteiger partial charge on any atom is -0.487 e. The number of carbonyl (C=O) groups excluding carboxylic acids is 2. The summed E-state index contributed by atoms with van der Waals surface area (Å²) in [5.74, 6) is 1.11. The number of amides is 2. The van der Waals surface area contributed by atoms with E-state index in [9.17, 15) is 9.59 Å². The van der Waals surface area contributed by atoms with E-state index >= 15 is 0 Å². The first-order valence-corrected chi connectivity index (χ1v) is 12.2. The molecule has 7 nitrogen and oxygen atoms in total. The van der Waals surface area contributed by atoms with Gasteiger partial charge >= 0.3 is 0 Å². The number of benzene rings is 1. The van der Waals surface area contributed by atoms with E-state index in [1.54, 1.807) is 4.90 Å². The Labute approximate surface area is 197 Å². The monoisotopic (exact) mass is 454 g/mol. The number of hydrogen-bond donors (Lipinski definition) is 2. The number of carbonyl (C=O) groups is 2. The fourth-order valence-corrected chi connectivity index (χ4v) is 5.77. The summed E-state index contributed by atoms with van der Waals surface area (Å²) in [5, 5.41) is 3.29. The van der Waals surface area contributed by atoms with E-state index in [4.69, 9.17) is 15.5 Å². The van der Waals surface area contributed by atoms with Crippen molar-refractivity contribution in [3.63, 3.8) is 0 Å². The quantitative estimate of drug-likeness (QED) is 0.683. The number of guanidine groups is 1. The van der Waals surface area contributed by atoms with Crippen LogP contribution in [0, 0.1) is 17.3 Å². The predicted molar refractivity (Wildman–Crippen MR) is 129 cm³/mol. The van der Waals surface area contributed by atoms with Crippen LogP contribution in [0.4, 0.5) is 0 Å². The van der Waals surface area contributed by atoms with Crippen molar-refractivity contribution >= 4 is 17.8 Å². The van der Waals surface area contributed by atoms with E-state index in [2.05, 4.69) is 19.2 Å². The van der Waals surface area contributed by atoms with Crippen LogP contribution >= 0.6 is 0 Å². The Kier molecular flexibility index (Phi) is 5.74. The second-order valence-electron chi connectivity index (χ2n) is 11.0. The van der Waals surface area contributed by atoms with Gasteiger partial charge < -0.3 is 15.8 Å². The maximum Gasteiger partial charge on any atom is 0.231 e. The van der Waals surface area contributed by atoms with Crippen LogP contribution in [0.15, 0.2) is 29.3 Å². The highest BCUT2D eigenvalue weighted by Gasteiger charge is 2.63. The lowest BCUT2D eigenvalue weighted by Gasteiger charge is -2.38. The Bertz CT molecular complexity index is 984. The molecule has 2 aliphatic heterocycles. The predicted octanol–water partition coefficient (Wildman–Crippen LogP) is 3.78. The molecule has 2 heterocycles. The lowest BCUT2D eigenvalue weighted by atomic mass is 9.87. The average Bonchev–Trinajstić information content (AvgIpc) is 3.29. The minimum atomic E-state index is -0.395. The highest BCUT2D eigenvalue weighted by atomic mass is 16.5. The van der Waals surface area contributed by atoms with E-state index in [0.29, 0.717) is 19.4 Å². The van der Waals surface area contributed by atoms with Crippen molar-refractivity contribution in [2.45, 2.75) is 84.4 Å². The molecule has 1 aromatic rings. The third-order valence-electron chi connectivity index (χ3n) is 8.34. The summed E-state index contributed by atoms with van der Waals surface area (Å²) in [7, 11) is 0.